The Labute approximate surface area is 91.9 Å². The summed E-state index contributed by atoms with van der Waals surface area (Å²) < 4.78 is 6.51. The molecule has 0 aromatic carbocycles. The highest BCUT2D eigenvalue weighted by Gasteiger charge is 2.48. The van der Waals surface area contributed by atoms with Gasteiger partial charge >= 0.3 is 8.09 Å². The predicted octanol–water partition coefficient (Wildman–Crippen LogP) is 1.70. The van der Waals surface area contributed by atoms with E-state index < -0.39 is 8.09 Å². The van der Waals surface area contributed by atoms with E-state index in [9.17, 15) is 9.79 Å². The quantitative estimate of drug-likeness (QED) is 0.541. The van der Waals surface area contributed by atoms with Crippen LogP contribution in [0.3, 0.4) is 0 Å². The monoisotopic (exact) mass is 235 g/mol. The Hall–Kier alpha value is -0.240. The van der Waals surface area contributed by atoms with Crippen molar-refractivity contribution in [2.24, 2.45) is 0 Å². The molecule has 0 heterocycles. The molecule has 0 saturated heterocycles. The van der Waals surface area contributed by atoms with Gasteiger partial charge in [0.15, 0.2) is 0 Å². The zero-order chi connectivity index (χ0) is 12.1. The van der Waals surface area contributed by atoms with Crippen molar-refractivity contribution in [2.75, 3.05) is 6.61 Å². The summed E-state index contributed by atoms with van der Waals surface area (Å²) in [5, 5.41) is 8.33. The third-order valence-electron chi connectivity index (χ3n) is 1.84. The van der Waals surface area contributed by atoms with Crippen LogP contribution in [0.2, 0.25) is 0 Å². The van der Waals surface area contributed by atoms with Crippen LogP contribution in [0.15, 0.2) is 0 Å². The van der Waals surface area contributed by atoms with Gasteiger partial charge in [-0.15, -0.1) is 0 Å². The molecule has 6 heteroatoms. The lowest BCUT2D eigenvalue weighted by Gasteiger charge is -2.29. The fourth-order valence-electron chi connectivity index (χ4n) is 1.48. The lowest BCUT2D eigenvalue weighted by atomic mass is 10.3. The van der Waals surface area contributed by atoms with Gasteiger partial charge in [-0.3, -0.25) is 0 Å². The maximum atomic E-state index is 9.80. The Morgan fingerprint density at radius 3 is 2.07 bits per heavy atom. The fourth-order valence-corrected chi connectivity index (χ4v) is 3.15. The fraction of sp³-hybridized carbons (Fsp3) is 0.889. The van der Waals surface area contributed by atoms with Gasteiger partial charge in [-0.1, -0.05) is 4.67 Å². The van der Waals surface area contributed by atoms with Crippen LogP contribution in [-0.4, -0.2) is 33.1 Å². The molecule has 0 aliphatic rings. The molecule has 0 aliphatic heterocycles. The van der Waals surface area contributed by atoms with E-state index in [1.54, 1.807) is 0 Å². The summed E-state index contributed by atoms with van der Waals surface area (Å²) in [5.74, 6) is 0. The summed E-state index contributed by atoms with van der Waals surface area (Å²) in [6, 6.07) is 1.85. The molecular weight excluding hydrogens is 215 g/mol. The van der Waals surface area contributed by atoms with E-state index in [2.05, 4.69) is 0 Å². The normalized spacial score (nSPS) is 12.5. The van der Waals surface area contributed by atoms with E-state index in [1.807, 2.05) is 33.8 Å². The van der Waals surface area contributed by atoms with Crippen molar-refractivity contribution in [3.05, 3.63) is 0 Å². The first kappa shape index (κ1) is 14.8. The molecule has 0 aliphatic carbocycles. The minimum absolute atomic E-state index is 0.0181. The molecule has 88 valence electrons. The van der Waals surface area contributed by atoms with Crippen LogP contribution in [0.1, 0.15) is 34.1 Å². The Bertz CT molecular complexity index is 218. The topological polar surface area (TPSA) is 76.7 Å². The second kappa shape index (κ2) is 6.37. The number of nitrogens with zero attached hydrogens (tertiary/aromatic N) is 2. The highest BCUT2D eigenvalue weighted by molar-refractivity contribution is 7.57. The van der Waals surface area contributed by atoms with Crippen molar-refractivity contribution >= 4 is 8.09 Å². The predicted molar refractivity (Wildman–Crippen MR) is 59.7 cm³/mol. The number of nitriles is 1. The second-order valence-electron chi connectivity index (χ2n) is 3.82. The zero-order valence-electron chi connectivity index (χ0n) is 9.71. The number of hydrogen-bond acceptors (Lipinski definition) is 5. The maximum Gasteiger partial charge on any atom is 0.499 e. The molecule has 0 aromatic rings. The van der Waals surface area contributed by atoms with Crippen molar-refractivity contribution < 1.29 is 14.3 Å². The molecule has 0 spiro atoms. The molecule has 0 rings (SSSR count). The third kappa shape index (κ3) is 4.87. The molecule has 0 aromatic heterocycles. The van der Waals surface area contributed by atoms with Crippen LogP contribution >= 0.6 is 8.09 Å². The van der Waals surface area contributed by atoms with Gasteiger partial charge in [0.1, 0.15) is 6.61 Å². The van der Waals surface area contributed by atoms with E-state index in [0.717, 1.165) is 0 Å². The van der Waals surface area contributed by atoms with Gasteiger partial charge in [-0.05, 0) is 27.7 Å². The van der Waals surface area contributed by atoms with Gasteiger partial charge in [0.25, 0.3) is 0 Å². The molecule has 2 N–H and O–H groups in total. The first-order valence-corrected chi connectivity index (χ1v) is 6.54. The van der Waals surface area contributed by atoms with Gasteiger partial charge in [-0.25, -0.2) is 0 Å². The van der Waals surface area contributed by atoms with Crippen LogP contribution in [0.4, 0.5) is 0 Å². The van der Waals surface area contributed by atoms with Crippen LogP contribution in [0.25, 0.3) is 0 Å². The van der Waals surface area contributed by atoms with Crippen LogP contribution in [-0.2, 0) is 4.52 Å². The van der Waals surface area contributed by atoms with Crippen LogP contribution in [0, 0.1) is 11.3 Å². The Morgan fingerprint density at radius 2 is 1.73 bits per heavy atom. The Morgan fingerprint density at radius 1 is 1.27 bits per heavy atom. The summed E-state index contributed by atoms with van der Waals surface area (Å²) >= 11 is 0. The lowest BCUT2D eigenvalue weighted by Crippen LogP contribution is -2.37. The molecular formula is C9H20N2O3P+. The summed E-state index contributed by atoms with van der Waals surface area (Å²) in [7, 11) is -3.51. The largest absolute Gasteiger partial charge is 0.499 e. The second-order valence-corrected chi connectivity index (χ2v) is 5.57. The SMILES string of the molecule is CC(C)N(C(C)C)[P+](O)(O)OCCC#N. The highest BCUT2D eigenvalue weighted by Crippen LogP contribution is 2.57. The molecule has 0 radical (unpaired) electrons. The van der Waals surface area contributed by atoms with Crippen molar-refractivity contribution in [3.8, 4) is 6.07 Å². The Balaban J connectivity index is 4.44. The summed E-state index contributed by atoms with van der Waals surface area (Å²) in [5.41, 5.74) is 0. The summed E-state index contributed by atoms with van der Waals surface area (Å²) in [4.78, 5) is 19.6. The molecule has 15 heavy (non-hydrogen) atoms. The molecule has 0 amide bonds. The van der Waals surface area contributed by atoms with E-state index in [0.29, 0.717) is 0 Å². The van der Waals surface area contributed by atoms with E-state index in [-0.39, 0.29) is 25.1 Å². The molecule has 0 unspecified atom stereocenters. The lowest BCUT2D eigenvalue weighted by molar-refractivity contribution is 0.139. The van der Waals surface area contributed by atoms with Crippen LogP contribution in [0.5, 0.6) is 0 Å². The van der Waals surface area contributed by atoms with Gasteiger partial charge in [0.05, 0.1) is 12.5 Å². The summed E-state index contributed by atoms with van der Waals surface area (Å²) in [6.45, 7) is 7.53. The summed E-state index contributed by atoms with van der Waals surface area (Å²) in [6.07, 6.45) is 0.160. The van der Waals surface area contributed by atoms with Crippen molar-refractivity contribution in [1.29, 1.82) is 5.26 Å². The van der Waals surface area contributed by atoms with Gasteiger partial charge < -0.3 is 0 Å². The standard InChI is InChI=1S/C9H20N2O3P/c1-8(2)11(9(3)4)15(12,13)14-7-5-6-10/h8-9,12-13H,5,7H2,1-4H3/q+1. The van der Waals surface area contributed by atoms with Gasteiger partial charge in [-0.2, -0.15) is 19.6 Å². The molecule has 0 fully saturated rings. The molecule has 0 atom stereocenters. The number of rotatable bonds is 6. The first-order chi connectivity index (χ1) is 6.83. The average Bonchev–Trinajstić information content (AvgIpc) is 2.01. The Kier molecular flexibility index (Phi) is 6.26. The molecule has 5 nitrogen and oxygen atoms in total. The van der Waals surface area contributed by atoms with Crippen LogP contribution < -0.4 is 0 Å². The van der Waals surface area contributed by atoms with E-state index >= 15 is 0 Å². The smallest absolute Gasteiger partial charge is 0.198 e. The van der Waals surface area contributed by atoms with Crippen molar-refractivity contribution in [3.63, 3.8) is 0 Å². The van der Waals surface area contributed by atoms with Crippen molar-refractivity contribution in [1.82, 2.24) is 4.67 Å². The average molecular weight is 235 g/mol. The molecule has 0 bridgehead atoms. The van der Waals surface area contributed by atoms with Gasteiger partial charge in [0.2, 0.25) is 0 Å². The third-order valence-corrected chi connectivity index (χ3v) is 3.89. The first-order valence-electron chi connectivity index (χ1n) is 4.97. The maximum absolute atomic E-state index is 9.80. The van der Waals surface area contributed by atoms with Gasteiger partial charge in [0, 0.05) is 12.1 Å². The van der Waals surface area contributed by atoms with E-state index in [4.69, 9.17) is 9.79 Å². The van der Waals surface area contributed by atoms with E-state index in [1.165, 1.54) is 4.67 Å². The minimum Gasteiger partial charge on any atom is -0.198 e. The minimum atomic E-state index is -3.51. The number of hydrogen-bond donors (Lipinski definition) is 2. The highest BCUT2D eigenvalue weighted by atomic mass is 31.2. The zero-order valence-corrected chi connectivity index (χ0v) is 10.6. The molecule has 0 saturated carbocycles. The van der Waals surface area contributed by atoms with Crippen molar-refractivity contribution in [2.45, 2.75) is 46.2 Å².